The van der Waals surface area contributed by atoms with Crippen LogP contribution in [0.4, 0.5) is 5.82 Å². The second-order valence-electron chi connectivity index (χ2n) is 8.79. The van der Waals surface area contributed by atoms with Crippen LogP contribution in [0, 0.1) is 12.8 Å². The summed E-state index contributed by atoms with van der Waals surface area (Å²) in [5.41, 5.74) is 1.11. The summed E-state index contributed by atoms with van der Waals surface area (Å²) in [6.07, 6.45) is 2.88. The van der Waals surface area contributed by atoms with E-state index in [1.165, 1.54) is 17.5 Å². The maximum atomic E-state index is 12.9. The molecule has 1 saturated heterocycles. The van der Waals surface area contributed by atoms with Crippen LogP contribution in [0.25, 0.3) is 16.2 Å². The van der Waals surface area contributed by atoms with Gasteiger partial charge in [-0.05, 0) is 24.1 Å². The highest BCUT2D eigenvalue weighted by Gasteiger charge is 2.34. The van der Waals surface area contributed by atoms with Gasteiger partial charge in [0.25, 0.3) is 0 Å². The maximum absolute atomic E-state index is 12.9. The molecule has 0 unspecified atom stereocenters. The molecule has 4 heterocycles. The number of nitrogens with one attached hydrogen (secondary N) is 1. The Balaban J connectivity index is 1.26. The van der Waals surface area contributed by atoms with Gasteiger partial charge in [-0.3, -0.25) is 14.2 Å². The fourth-order valence-electron chi connectivity index (χ4n) is 4.26. The molecule has 1 aromatic carbocycles. The van der Waals surface area contributed by atoms with Crippen LogP contribution in [0.15, 0.2) is 59.0 Å². The second-order valence-corrected chi connectivity index (χ2v) is 9.66. The van der Waals surface area contributed by atoms with E-state index in [4.69, 9.17) is 9.72 Å². The lowest BCUT2D eigenvalue weighted by molar-refractivity contribution is -0.126. The van der Waals surface area contributed by atoms with E-state index in [2.05, 4.69) is 10.3 Å². The van der Waals surface area contributed by atoms with Crippen molar-refractivity contribution in [3.8, 4) is 5.13 Å². The van der Waals surface area contributed by atoms with Crippen LogP contribution < -0.4 is 15.6 Å². The van der Waals surface area contributed by atoms with Gasteiger partial charge in [-0.15, -0.1) is 11.3 Å². The first kappa shape index (κ1) is 24.6. The molecule has 37 heavy (non-hydrogen) atoms. The summed E-state index contributed by atoms with van der Waals surface area (Å²) in [7, 11) is 0. The molecule has 0 saturated carbocycles. The Labute approximate surface area is 216 Å². The van der Waals surface area contributed by atoms with Gasteiger partial charge in [0, 0.05) is 37.4 Å². The number of aryl methyl sites for hydroxylation is 1. The van der Waals surface area contributed by atoms with Crippen LogP contribution in [-0.4, -0.2) is 57.8 Å². The Hall–Kier alpha value is -4.09. The van der Waals surface area contributed by atoms with Crippen LogP contribution in [0.1, 0.15) is 21.5 Å². The number of hydrogen-bond donors (Lipinski definition) is 2. The number of anilines is 1. The lowest BCUT2D eigenvalue weighted by Gasteiger charge is -2.39. The molecule has 0 spiro atoms. The Morgan fingerprint density at radius 3 is 2.73 bits per heavy atom. The van der Waals surface area contributed by atoms with E-state index in [0.29, 0.717) is 55.0 Å². The average molecular weight is 520 g/mol. The number of carbonyl (C=O) groups excluding carboxylic acids is 1. The minimum absolute atomic E-state index is 0.0390. The fourth-order valence-corrected chi connectivity index (χ4v) is 4.88. The van der Waals surface area contributed by atoms with Crippen molar-refractivity contribution in [3.05, 3.63) is 81.1 Å². The largest absolute Gasteiger partial charge is 0.477 e. The standard InChI is InChI=1S/C26H25N5O5S/c1-16-11-20(29-23-21(16)22(32)19(25(34)35)14-31(23)26-28-8-10-37-26)30-12-18(13-30)24(33)27-7-9-36-15-17-5-3-2-4-6-17/h2-6,8,10-11,14,18H,7,9,12-13,15H2,1H3,(H,27,33)(H,34,35). The van der Waals surface area contributed by atoms with E-state index in [1.54, 1.807) is 29.1 Å². The number of pyridine rings is 2. The van der Waals surface area contributed by atoms with Crippen molar-refractivity contribution in [3.63, 3.8) is 0 Å². The molecule has 4 aromatic rings. The summed E-state index contributed by atoms with van der Waals surface area (Å²) >= 11 is 1.31. The normalized spacial score (nSPS) is 13.5. The molecule has 1 amide bonds. The van der Waals surface area contributed by atoms with Gasteiger partial charge < -0.3 is 20.1 Å². The third kappa shape index (κ3) is 5.09. The number of aromatic carboxylic acids is 1. The Morgan fingerprint density at radius 2 is 2.03 bits per heavy atom. The van der Waals surface area contributed by atoms with Crippen LogP contribution in [0.2, 0.25) is 0 Å². The van der Waals surface area contributed by atoms with E-state index in [-0.39, 0.29) is 22.8 Å². The Morgan fingerprint density at radius 1 is 1.24 bits per heavy atom. The molecule has 0 aliphatic carbocycles. The quantitative estimate of drug-likeness (QED) is 0.323. The van der Waals surface area contributed by atoms with Crippen molar-refractivity contribution in [1.29, 1.82) is 0 Å². The van der Waals surface area contributed by atoms with Gasteiger partial charge in [-0.2, -0.15) is 0 Å². The average Bonchev–Trinajstić information content (AvgIpc) is 3.38. The number of amides is 1. The van der Waals surface area contributed by atoms with Crippen LogP contribution >= 0.6 is 11.3 Å². The summed E-state index contributed by atoms with van der Waals surface area (Å²) in [4.78, 5) is 48.1. The summed E-state index contributed by atoms with van der Waals surface area (Å²) < 4.78 is 7.16. The predicted molar refractivity (Wildman–Crippen MR) is 140 cm³/mol. The molecule has 1 aliphatic heterocycles. The second kappa shape index (κ2) is 10.5. The van der Waals surface area contributed by atoms with Crippen molar-refractivity contribution >= 4 is 40.1 Å². The molecule has 1 aliphatic rings. The molecule has 11 heteroatoms. The number of carboxylic acid groups (broad SMARTS) is 1. The molecule has 10 nitrogen and oxygen atoms in total. The van der Waals surface area contributed by atoms with Crippen molar-refractivity contribution in [2.24, 2.45) is 5.92 Å². The number of ether oxygens (including phenoxy) is 1. The number of thiazole rings is 1. The van der Waals surface area contributed by atoms with E-state index in [0.717, 1.165) is 5.56 Å². The molecule has 0 atom stereocenters. The Bertz CT molecular complexity index is 1500. The van der Waals surface area contributed by atoms with Gasteiger partial charge in [-0.25, -0.2) is 14.8 Å². The summed E-state index contributed by atoms with van der Waals surface area (Å²) in [6, 6.07) is 11.6. The third-order valence-corrected chi connectivity index (χ3v) is 7.00. The van der Waals surface area contributed by atoms with Crippen molar-refractivity contribution in [2.45, 2.75) is 13.5 Å². The lowest BCUT2D eigenvalue weighted by Crippen LogP contribution is -2.54. The fraction of sp³-hybridized carbons (Fsp3) is 0.269. The predicted octanol–water partition coefficient (Wildman–Crippen LogP) is 2.62. The number of aromatic nitrogens is 3. The minimum Gasteiger partial charge on any atom is -0.477 e. The van der Waals surface area contributed by atoms with Gasteiger partial charge in [0.1, 0.15) is 11.4 Å². The van der Waals surface area contributed by atoms with E-state index in [9.17, 15) is 19.5 Å². The Kier molecular flexibility index (Phi) is 6.97. The topological polar surface area (TPSA) is 127 Å². The molecule has 0 radical (unpaired) electrons. The number of rotatable bonds is 9. The van der Waals surface area contributed by atoms with Gasteiger partial charge in [0.2, 0.25) is 11.3 Å². The summed E-state index contributed by atoms with van der Waals surface area (Å²) in [5, 5.41) is 15.0. The van der Waals surface area contributed by atoms with Crippen LogP contribution in [0.3, 0.4) is 0 Å². The highest BCUT2D eigenvalue weighted by atomic mass is 32.1. The lowest BCUT2D eigenvalue weighted by atomic mass is 9.98. The number of nitrogens with zero attached hydrogens (tertiary/aromatic N) is 4. The maximum Gasteiger partial charge on any atom is 0.341 e. The number of benzene rings is 1. The van der Waals surface area contributed by atoms with Gasteiger partial charge in [-0.1, -0.05) is 30.3 Å². The third-order valence-electron chi connectivity index (χ3n) is 6.23. The number of carboxylic acids is 1. The minimum atomic E-state index is -1.30. The number of hydrogen-bond acceptors (Lipinski definition) is 8. The molecule has 2 N–H and O–H groups in total. The van der Waals surface area contributed by atoms with E-state index in [1.807, 2.05) is 35.2 Å². The molecule has 5 rings (SSSR count). The highest BCUT2D eigenvalue weighted by molar-refractivity contribution is 7.12. The number of carbonyl (C=O) groups is 2. The van der Waals surface area contributed by atoms with Gasteiger partial charge in [0.15, 0.2) is 10.8 Å². The summed E-state index contributed by atoms with van der Waals surface area (Å²) in [6.45, 7) is 4.09. The van der Waals surface area contributed by atoms with Gasteiger partial charge >= 0.3 is 5.97 Å². The molecule has 190 valence electrons. The SMILES string of the molecule is Cc1cc(N2CC(C(=O)NCCOCc3ccccc3)C2)nc2c1c(=O)c(C(=O)O)cn2-c1nccs1. The van der Waals surface area contributed by atoms with Gasteiger partial charge in [0.05, 0.1) is 24.5 Å². The van der Waals surface area contributed by atoms with E-state index < -0.39 is 11.4 Å². The molecule has 1 fully saturated rings. The molecule has 0 bridgehead atoms. The molecule has 3 aromatic heterocycles. The zero-order valence-corrected chi connectivity index (χ0v) is 20.9. The number of fused-ring (bicyclic) bond motifs is 1. The first-order valence-corrected chi connectivity index (χ1v) is 12.6. The molecular weight excluding hydrogens is 494 g/mol. The molecular formula is C26H25N5O5S. The highest BCUT2D eigenvalue weighted by Crippen LogP contribution is 2.28. The van der Waals surface area contributed by atoms with Crippen molar-refractivity contribution in [1.82, 2.24) is 19.9 Å². The summed E-state index contributed by atoms with van der Waals surface area (Å²) in [5.74, 6) is -0.902. The zero-order chi connectivity index (χ0) is 25.9. The van der Waals surface area contributed by atoms with E-state index >= 15 is 0 Å². The smallest absolute Gasteiger partial charge is 0.341 e. The van der Waals surface area contributed by atoms with Crippen LogP contribution in [0.5, 0.6) is 0 Å². The van der Waals surface area contributed by atoms with Crippen molar-refractivity contribution in [2.75, 3.05) is 31.1 Å². The first-order valence-electron chi connectivity index (χ1n) is 11.8. The van der Waals surface area contributed by atoms with Crippen molar-refractivity contribution < 1.29 is 19.4 Å². The first-order chi connectivity index (χ1) is 17.9. The zero-order valence-electron chi connectivity index (χ0n) is 20.1. The van der Waals surface area contributed by atoms with Crippen LogP contribution in [-0.2, 0) is 16.1 Å². The monoisotopic (exact) mass is 519 g/mol.